The van der Waals surface area contributed by atoms with Gasteiger partial charge in [-0.05, 0) is 70.3 Å². The molecular formula is C38H28N2. The summed E-state index contributed by atoms with van der Waals surface area (Å²) in [5, 5.41) is 5.20. The van der Waals surface area contributed by atoms with E-state index in [9.17, 15) is 0 Å². The smallest absolute Gasteiger partial charge is 0.0494 e. The lowest BCUT2D eigenvalue weighted by atomic mass is 9.97. The van der Waals surface area contributed by atoms with Gasteiger partial charge in [0.25, 0.3) is 0 Å². The quantitative estimate of drug-likeness (QED) is 0.222. The van der Waals surface area contributed by atoms with Gasteiger partial charge >= 0.3 is 0 Å². The molecule has 0 bridgehead atoms. The van der Waals surface area contributed by atoms with Gasteiger partial charge in [0.15, 0.2) is 0 Å². The molecule has 2 aromatic heterocycles. The van der Waals surface area contributed by atoms with Crippen molar-refractivity contribution in [2.24, 2.45) is 7.05 Å². The number of fused-ring (bicyclic) bond motifs is 6. The molecule has 2 nitrogen and oxygen atoms in total. The van der Waals surface area contributed by atoms with E-state index in [1.54, 1.807) is 0 Å². The molecule has 2 heteroatoms. The van der Waals surface area contributed by atoms with Crippen molar-refractivity contribution in [2.45, 2.75) is 6.54 Å². The van der Waals surface area contributed by atoms with E-state index >= 15 is 0 Å². The van der Waals surface area contributed by atoms with E-state index in [1.165, 1.54) is 71.4 Å². The van der Waals surface area contributed by atoms with Gasteiger partial charge in [0.05, 0.1) is 0 Å². The Hall–Kier alpha value is -5.08. The third-order valence-corrected chi connectivity index (χ3v) is 8.40. The molecule has 8 aromatic rings. The number of nitrogens with zero attached hydrogens (tertiary/aromatic N) is 2. The fraction of sp³-hybridized carbons (Fsp3) is 0.0526. The summed E-state index contributed by atoms with van der Waals surface area (Å²) in [5.41, 5.74) is 11.3. The van der Waals surface area contributed by atoms with Crippen molar-refractivity contribution in [1.29, 1.82) is 0 Å². The molecular weight excluding hydrogens is 484 g/mol. The number of hydrogen-bond acceptors (Lipinski definition) is 0. The van der Waals surface area contributed by atoms with E-state index in [-0.39, 0.29) is 0 Å². The molecule has 0 aliphatic heterocycles. The molecule has 40 heavy (non-hydrogen) atoms. The zero-order chi connectivity index (χ0) is 26.6. The minimum absolute atomic E-state index is 0.857. The standard InChI is InChI=1S/C38H28N2/c1-39-35-16-7-5-14-31(35)33-23-29(18-20-36(33)39)27-12-9-13-28(22-27)30-19-21-38-34(24-30)32-15-6-8-17-37(32)40(38)25-26-10-3-2-4-11-26/h2-24H,25H2,1H3. The highest BCUT2D eigenvalue weighted by Gasteiger charge is 2.13. The predicted molar refractivity (Wildman–Crippen MR) is 170 cm³/mol. The lowest BCUT2D eigenvalue weighted by Gasteiger charge is -2.09. The topological polar surface area (TPSA) is 9.86 Å². The molecule has 8 rings (SSSR count). The monoisotopic (exact) mass is 512 g/mol. The van der Waals surface area contributed by atoms with Crippen molar-refractivity contribution in [3.63, 3.8) is 0 Å². The van der Waals surface area contributed by atoms with Crippen LogP contribution in [0.3, 0.4) is 0 Å². The van der Waals surface area contributed by atoms with E-state index in [1.807, 2.05) is 0 Å². The Morgan fingerprint density at radius 3 is 1.62 bits per heavy atom. The van der Waals surface area contributed by atoms with Gasteiger partial charge in [0.1, 0.15) is 0 Å². The van der Waals surface area contributed by atoms with Crippen LogP contribution in [0.15, 0.2) is 140 Å². The molecule has 6 aromatic carbocycles. The zero-order valence-electron chi connectivity index (χ0n) is 22.4. The van der Waals surface area contributed by atoms with Crippen molar-refractivity contribution >= 4 is 43.6 Å². The summed E-state index contributed by atoms with van der Waals surface area (Å²) >= 11 is 0. The van der Waals surface area contributed by atoms with Gasteiger partial charge in [-0.3, -0.25) is 0 Å². The van der Waals surface area contributed by atoms with E-state index in [4.69, 9.17) is 0 Å². The SMILES string of the molecule is Cn1c2ccccc2c2cc(-c3cccc(-c4ccc5c(c4)c4ccccc4n5Cc4ccccc4)c3)ccc21. The maximum atomic E-state index is 2.44. The number of aryl methyl sites for hydroxylation is 1. The summed E-state index contributed by atoms with van der Waals surface area (Å²) in [6, 6.07) is 50.9. The Labute approximate surface area is 233 Å². The number of hydrogen-bond donors (Lipinski definition) is 0. The Kier molecular flexibility index (Phi) is 5.14. The van der Waals surface area contributed by atoms with Gasteiger partial charge in [0, 0.05) is 57.2 Å². The van der Waals surface area contributed by atoms with Gasteiger partial charge in [-0.2, -0.15) is 0 Å². The van der Waals surface area contributed by atoms with Gasteiger partial charge in [-0.1, -0.05) is 97.1 Å². The third kappa shape index (κ3) is 3.57. The largest absolute Gasteiger partial charge is 0.344 e. The summed E-state index contributed by atoms with van der Waals surface area (Å²) in [5.74, 6) is 0. The summed E-state index contributed by atoms with van der Waals surface area (Å²) < 4.78 is 4.73. The zero-order valence-corrected chi connectivity index (χ0v) is 22.4. The lowest BCUT2D eigenvalue weighted by Crippen LogP contribution is -1.98. The lowest BCUT2D eigenvalue weighted by molar-refractivity contribution is 0.869. The van der Waals surface area contributed by atoms with Crippen molar-refractivity contribution < 1.29 is 0 Å². The van der Waals surface area contributed by atoms with Crippen LogP contribution in [-0.4, -0.2) is 9.13 Å². The van der Waals surface area contributed by atoms with Crippen LogP contribution in [0, 0.1) is 0 Å². The first-order valence-corrected chi connectivity index (χ1v) is 13.9. The molecule has 2 heterocycles. The second kappa shape index (κ2) is 9.00. The average molecular weight is 513 g/mol. The van der Waals surface area contributed by atoms with Crippen LogP contribution in [-0.2, 0) is 13.6 Å². The Bertz CT molecular complexity index is 2190. The van der Waals surface area contributed by atoms with Gasteiger partial charge in [-0.25, -0.2) is 0 Å². The van der Waals surface area contributed by atoms with Crippen molar-refractivity contribution in [3.8, 4) is 22.3 Å². The molecule has 190 valence electrons. The predicted octanol–water partition coefficient (Wildman–Crippen LogP) is 9.82. The second-order valence-electron chi connectivity index (χ2n) is 10.7. The second-order valence-corrected chi connectivity index (χ2v) is 10.7. The maximum absolute atomic E-state index is 2.44. The van der Waals surface area contributed by atoms with E-state index in [2.05, 4.69) is 156 Å². The van der Waals surface area contributed by atoms with Crippen LogP contribution in [0.25, 0.3) is 65.9 Å². The van der Waals surface area contributed by atoms with Gasteiger partial charge in [-0.15, -0.1) is 0 Å². The maximum Gasteiger partial charge on any atom is 0.0494 e. The average Bonchev–Trinajstić information content (AvgIpc) is 3.49. The highest BCUT2D eigenvalue weighted by atomic mass is 15.0. The summed E-state index contributed by atoms with van der Waals surface area (Å²) in [7, 11) is 2.15. The van der Waals surface area contributed by atoms with Crippen LogP contribution in [0.5, 0.6) is 0 Å². The first-order valence-electron chi connectivity index (χ1n) is 13.9. The number of benzene rings is 6. The molecule has 0 N–H and O–H groups in total. The van der Waals surface area contributed by atoms with Crippen molar-refractivity contribution in [3.05, 3.63) is 145 Å². The molecule has 0 spiro atoms. The fourth-order valence-corrected chi connectivity index (χ4v) is 6.40. The Balaban J connectivity index is 1.24. The molecule has 0 radical (unpaired) electrons. The summed E-state index contributed by atoms with van der Waals surface area (Å²) in [6.07, 6.45) is 0. The minimum atomic E-state index is 0.857. The Morgan fingerprint density at radius 2 is 0.900 bits per heavy atom. The third-order valence-electron chi connectivity index (χ3n) is 8.40. The Morgan fingerprint density at radius 1 is 0.400 bits per heavy atom. The minimum Gasteiger partial charge on any atom is -0.344 e. The highest BCUT2D eigenvalue weighted by Crippen LogP contribution is 2.36. The van der Waals surface area contributed by atoms with Gasteiger partial charge < -0.3 is 9.13 Å². The van der Waals surface area contributed by atoms with Crippen LogP contribution in [0.4, 0.5) is 0 Å². The van der Waals surface area contributed by atoms with Crippen LogP contribution in [0.2, 0.25) is 0 Å². The summed E-state index contributed by atoms with van der Waals surface area (Å²) in [4.78, 5) is 0. The normalized spacial score (nSPS) is 11.7. The van der Waals surface area contributed by atoms with Gasteiger partial charge in [0.2, 0.25) is 0 Å². The number of para-hydroxylation sites is 2. The van der Waals surface area contributed by atoms with Crippen molar-refractivity contribution in [2.75, 3.05) is 0 Å². The fourth-order valence-electron chi connectivity index (χ4n) is 6.40. The molecule has 0 saturated heterocycles. The van der Waals surface area contributed by atoms with Crippen LogP contribution in [0.1, 0.15) is 5.56 Å². The molecule has 0 fully saturated rings. The van der Waals surface area contributed by atoms with Crippen molar-refractivity contribution in [1.82, 2.24) is 9.13 Å². The van der Waals surface area contributed by atoms with E-state index in [0.29, 0.717) is 0 Å². The highest BCUT2D eigenvalue weighted by molar-refractivity contribution is 6.10. The molecule has 0 saturated carbocycles. The molecule has 0 aliphatic rings. The molecule has 0 aliphatic carbocycles. The molecule has 0 unspecified atom stereocenters. The molecule has 0 atom stereocenters. The summed E-state index contributed by atoms with van der Waals surface area (Å²) in [6.45, 7) is 0.857. The van der Waals surface area contributed by atoms with E-state index in [0.717, 1.165) is 6.54 Å². The first-order chi connectivity index (χ1) is 19.7. The molecule has 0 amide bonds. The van der Waals surface area contributed by atoms with E-state index < -0.39 is 0 Å². The number of rotatable bonds is 4. The van der Waals surface area contributed by atoms with Crippen LogP contribution < -0.4 is 0 Å². The van der Waals surface area contributed by atoms with Crippen LogP contribution >= 0.6 is 0 Å². The number of aromatic nitrogens is 2. The first kappa shape index (κ1) is 22.9.